The second-order valence-electron chi connectivity index (χ2n) is 4.59. The third-order valence-corrected chi connectivity index (χ3v) is 3.46. The largest absolute Gasteiger partial charge is 0.382 e. The molecule has 2 aromatic heterocycles. The number of pyridine rings is 1. The molecule has 0 bridgehead atoms. The fraction of sp³-hybridized carbons (Fsp3) is 0.385. The zero-order valence-corrected chi connectivity index (χ0v) is 12.6. The number of likely N-dealkylation sites (N-methyl/N-ethyl adjacent to an activating group) is 1. The van der Waals surface area contributed by atoms with E-state index < -0.39 is 6.10 Å². The number of hydrogen-bond acceptors (Lipinski definition) is 4. The van der Waals surface area contributed by atoms with Crippen molar-refractivity contribution in [2.24, 2.45) is 0 Å². The minimum Gasteiger partial charge on any atom is -0.382 e. The van der Waals surface area contributed by atoms with E-state index in [0.717, 1.165) is 28.8 Å². The summed E-state index contributed by atoms with van der Waals surface area (Å²) >= 11 is 3.44. The first-order valence-corrected chi connectivity index (χ1v) is 6.83. The van der Waals surface area contributed by atoms with Crippen molar-refractivity contribution in [2.75, 3.05) is 20.6 Å². The third kappa shape index (κ3) is 3.40. The van der Waals surface area contributed by atoms with Crippen LogP contribution in [-0.4, -0.2) is 45.4 Å². The lowest BCUT2D eigenvalue weighted by Crippen LogP contribution is -2.21. The van der Waals surface area contributed by atoms with Crippen molar-refractivity contribution in [3.63, 3.8) is 0 Å². The molecule has 6 heteroatoms. The quantitative estimate of drug-likeness (QED) is 0.909. The average Bonchev–Trinajstić information content (AvgIpc) is 2.78. The van der Waals surface area contributed by atoms with Crippen LogP contribution in [-0.2, 0) is 6.54 Å². The van der Waals surface area contributed by atoms with Crippen LogP contribution in [0.5, 0.6) is 0 Å². The Morgan fingerprint density at radius 3 is 2.84 bits per heavy atom. The summed E-state index contributed by atoms with van der Waals surface area (Å²) in [6, 6.07) is 3.67. The summed E-state index contributed by atoms with van der Waals surface area (Å²) in [5.41, 5.74) is 1.52. The molecule has 0 aliphatic rings. The van der Waals surface area contributed by atoms with Crippen molar-refractivity contribution in [3.8, 4) is 0 Å². The van der Waals surface area contributed by atoms with Crippen LogP contribution < -0.4 is 0 Å². The molecule has 5 nitrogen and oxygen atoms in total. The summed E-state index contributed by atoms with van der Waals surface area (Å²) in [5.74, 6) is 0. The summed E-state index contributed by atoms with van der Waals surface area (Å²) in [6.45, 7) is 1.59. The van der Waals surface area contributed by atoms with E-state index in [4.69, 9.17) is 0 Å². The zero-order valence-electron chi connectivity index (χ0n) is 11.0. The minimum absolute atomic E-state index is 0.727. The van der Waals surface area contributed by atoms with Crippen LogP contribution in [0.1, 0.15) is 17.4 Å². The Morgan fingerprint density at radius 2 is 2.21 bits per heavy atom. The summed E-state index contributed by atoms with van der Waals surface area (Å²) < 4.78 is 2.63. The molecule has 0 saturated carbocycles. The highest BCUT2D eigenvalue weighted by molar-refractivity contribution is 9.10. The van der Waals surface area contributed by atoms with Crippen LogP contribution in [0, 0.1) is 0 Å². The molecule has 0 radical (unpaired) electrons. The van der Waals surface area contributed by atoms with E-state index in [-0.39, 0.29) is 0 Å². The lowest BCUT2D eigenvalue weighted by Gasteiger charge is -2.16. The van der Waals surface area contributed by atoms with Crippen molar-refractivity contribution in [3.05, 3.63) is 46.5 Å². The number of aliphatic hydroxyl groups is 1. The van der Waals surface area contributed by atoms with Crippen molar-refractivity contribution >= 4 is 15.9 Å². The number of halogens is 1. The Bertz CT molecular complexity index is 527. The molecule has 2 heterocycles. The Morgan fingerprint density at radius 1 is 1.42 bits per heavy atom. The van der Waals surface area contributed by atoms with Gasteiger partial charge in [0, 0.05) is 24.5 Å². The molecule has 0 spiro atoms. The van der Waals surface area contributed by atoms with E-state index in [0.29, 0.717) is 0 Å². The average molecular weight is 325 g/mol. The first-order chi connectivity index (χ1) is 9.09. The molecule has 0 aliphatic heterocycles. The van der Waals surface area contributed by atoms with Gasteiger partial charge in [-0.3, -0.25) is 9.67 Å². The second-order valence-corrected chi connectivity index (χ2v) is 5.45. The fourth-order valence-corrected chi connectivity index (χ4v) is 2.33. The van der Waals surface area contributed by atoms with Crippen LogP contribution in [0.4, 0.5) is 0 Å². The van der Waals surface area contributed by atoms with Gasteiger partial charge in [0.2, 0.25) is 0 Å². The highest BCUT2D eigenvalue weighted by Crippen LogP contribution is 2.27. The molecule has 0 aromatic carbocycles. The van der Waals surface area contributed by atoms with Crippen LogP contribution in [0.25, 0.3) is 0 Å². The summed E-state index contributed by atoms with van der Waals surface area (Å²) in [5, 5.41) is 14.8. The smallest absolute Gasteiger partial charge is 0.123 e. The molecule has 19 heavy (non-hydrogen) atoms. The maximum Gasteiger partial charge on any atom is 0.123 e. The number of rotatable bonds is 5. The molecule has 2 aromatic rings. The predicted molar refractivity (Wildman–Crippen MR) is 76.8 cm³/mol. The molecule has 0 amide bonds. The van der Waals surface area contributed by atoms with Crippen molar-refractivity contribution < 1.29 is 5.11 Å². The van der Waals surface area contributed by atoms with E-state index in [9.17, 15) is 5.11 Å². The van der Waals surface area contributed by atoms with Crippen LogP contribution in [0.2, 0.25) is 0 Å². The van der Waals surface area contributed by atoms with Crippen molar-refractivity contribution in [1.82, 2.24) is 19.7 Å². The van der Waals surface area contributed by atoms with E-state index in [2.05, 4.69) is 30.9 Å². The molecule has 1 unspecified atom stereocenters. The number of aromatic nitrogens is 3. The van der Waals surface area contributed by atoms with Crippen LogP contribution in [0.15, 0.2) is 35.2 Å². The van der Waals surface area contributed by atoms with Gasteiger partial charge < -0.3 is 10.0 Å². The minimum atomic E-state index is -0.729. The molecule has 1 N–H and O–H groups in total. The highest BCUT2D eigenvalue weighted by Gasteiger charge is 2.19. The van der Waals surface area contributed by atoms with E-state index in [1.807, 2.05) is 30.9 Å². The summed E-state index contributed by atoms with van der Waals surface area (Å²) in [7, 11) is 4.02. The SMILES string of the molecule is CN(C)CCn1ncc(Br)c1C(O)c1cccnc1. The van der Waals surface area contributed by atoms with Gasteiger partial charge in [-0.25, -0.2) is 0 Å². The standard InChI is InChI=1S/C13H17BrN4O/c1-17(2)6-7-18-12(11(14)9-16-18)13(19)10-4-3-5-15-8-10/h3-5,8-9,13,19H,6-7H2,1-2H3. The summed E-state index contributed by atoms with van der Waals surface area (Å²) in [4.78, 5) is 6.12. The monoisotopic (exact) mass is 324 g/mol. The van der Waals surface area contributed by atoms with Crippen LogP contribution >= 0.6 is 15.9 Å². The van der Waals surface area contributed by atoms with E-state index in [1.165, 1.54) is 0 Å². The van der Waals surface area contributed by atoms with Gasteiger partial charge in [-0.2, -0.15) is 5.10 Å². The molecule has 1 atom stereocenters. The van der Waals surface area contributed by atoms with Gasteiger partial charge in [0.15, 0.2) is 0 Å². The second kappa shape index (κ2) is 6.27. The van der Waals surface area contributed by atoms with Gasteiger partial charge in [-0.15, -0.1) is 0 Å². The number of hydrogen-bond donors (Lipinski definition) is 1. The highest BCUT2D eigenvalue weighted by atomic mass is 79.9. The maximum atomic E-state index is 10.5. The predicted octanol–water partition coefficient (Wildman–Crippen LogP) is 1.68. The number of nitrogens with zero attached hydrogens (tertiary/aromatic N) is 4. The molecule has 0 saturated heterocycles. The van der Waals surface area contributed by atoms with E-state index in [1.54, 1.807) is 18.6 Å². The first kappa shape index (κ1) is 14.2. The Balaban J connectivity index is 2.26. The molecule has 0 aliphatic carbocycles. The van der Waals surface area contributed by atoms with Crippen molar-refractivity contribution in [1.29, 1.82) is 0 Å². The van der Waals surface area contributed by atoms with Gasteiger partial charge >= 0.3 is 0 Å². The first-order valence-electron chi connectivity index (χ1n) is 6.03. The van der Waals surface area contributed by atoms with Gasteiger partial charge in [-0.1, -0.05) is 6.07 Å². The molecule has 102 valence electrons. The van der Waals surface area contributed by atoms with Gasteiger partial charge in [0.25, 0.3) is 0 Å². The van der Waals surface area contributed by atoms with E-state index >= 15 is 0 Å². The zero-order chi connectivity index (χ0) is 13.8. The Kier molecular flexibility index (Phi) is 4.68. The normalized spacial score (nSPS) is 12.9. The van der Waals surface area contributed by atoms with Crippen molar-refractivity contribution in [2.45, 2.75) is 12.6 Å². The van der Waals surface area contributed by atoms with Gasteiger partial charge in [-0.05, 0) is 36.1 Å². The molecule has 2 rings (SSSR count). The van der Waals surface area contributed by atoms with Crippen LogP contribution in [0.3, 0.4) is 0 Å². The topological polar surface area (TPSA) is 54.2 Å². The molecular weight excluding hydrogens is 308 g/mol. The fourth-order valence-electron chi connectivity index (χ4n) is 1.81. The number of aliphatic hydroxyl groups excluding tert-OH is 1. The Labute approximate surface area is 121 Å². The lowest BCUT2D eigenvalue weighted by molar-refractivity contribution is 0.204. The lowest BCUT2D eigenvalue weighted by atomic mass is 10.1. The van der Waals surface area contributed by atoms with Gasteiger partial charge in [0.1, 0.15) is 6.10 Å². The molecular formula is C13H17BrN4O. The van der Waals surface area contributed by atoms with Gasteiger partial charge in [0.05, 0.1) is 22.9 Å². The molecule has 0 fully saturated rings. The summed E-state index contributed by atoms with van der Waals surface area (Å²) in [6.07, 6.45) is 4.34. The maximum absolute atomic E-state index is 10.5. The third-order valence-electron chi connectivity index (χ3n) is 2.85. The Hall–Kier alpha value is -1.24.